The Kier molecular flexibility index (Phi) is 4.63. The Balaban J connectivity index is 1.65. The molecule has 2 aromatic rings. The summed E-state index contributed by atoms with van der Waals surface area (Å²) in [5.74, 6) is 1.27. The second-order valence-electron chi connectivity index (χ2n) is 5.42. The van der Waals surface area contributed by atoms with Crippen LogP contribution in [0.15, 0.2) is 35.0 Å². The molecule has 1 atom stereocenters. The summed E-state index contributed by atoms with van der Waals surface area (Å²) >= 11 is 1.67. The van der Waals surface area contributed by atoms with Crippen LogP contribution >= 0.6 is 11.3 Å². The number of carbonyl (C=O) groups excluding carboxylic acids is 1. The van der Waals surface area contributed by atoms with E-state index in [9.17, 15) is 4.79 Å². The van der Waals surface area contributed by atoms with Gasteiger partial charge >= 0.3 is 0 Å². The van der Waals surface area contributed by atoms with Gasteiger partial charge in [-0.05, 0) is 53.9 Å². The molecule has 1 aromatic carbocycles. The zero-order valence-corrected chi connectivity index (χ0v) is 13.3. The maximum absolute atomic E-state index is 12.4. The van der Waals surface area contributed by atoms with Gasteiger partial charge in [0.1, 0.15) is 0 Å². The minimum atomic E-state index is -0.0848. The number of hydrogen-bond donors (Lipinski definition) is 1. The predicted molar refractivity (Wildman–Crippen MR) is 87.0 cm³/mol. The molecule has 0 bridgehead atoms. The minimum absolute atomic E-state index is 0.0816. The number of hydrogen-bond acceptors (Lipinski definition) is 4. The zero-order chi connectivity index (χ0) is 15.4. The molecule has 0 spiro atoms. The molecule has 0 saturated heterocycles. The molecule has 1 aromatic heterocycles. The largest absolute Gasteiger partial charge is 0.490 e. The summed E-state index contributed by atoms with van der Waals surface area (Å²) < 4.78 is 11.2. The Morgan fingerprint density at radius 3 is 2.86 bits per heavy atom. The highest BCUT2D eigenvalue weighted by Gasteiger charge is 2.15. The molecule has 0 saturated carbocycles. The molecule has 2 heterocycles. The standard InChI is InChI=1S/C17H19NO3S/c1-12(9-13-5-8-22-11-13)18-17(19)14-3-4-15-16(10-14)21-7-2-6-20-15/h3-5,8,10-12H,2,6-7,9H2,1H3,(H,18,19). The van der Waals surface area contributed by atoms with E-state index in [1.54, 1.807) is 29.5 Å². The number of benzene rings is 1. The van der Waals surface area contributed by atoms with Crippen LogP contribution in [0.2, 0.25) is 0 Å². The van der Waals surface area contributed by atoms with E-state index in [1.165, 1.54) is 5.56 Å². The second-order valence-corrected chi connectivity index (χ2v) is 6.20. The van der Waals surface area contributed by atoms with Gasteiger partial charge in [0.15, 0.2) is 11.5 Å². The van der Waals surface area contributed by atoms with Gasteiger partial charge in [-0.2, -0.15) is 11.3 Å². The molecule has 1 unspecified atom stereocenters. The Hall–Kier alpha value is -2.01. The van der Waals surface area contributed by atoms with Crippen molar-refractivity contribution in [2.75, 3.05) is 13.2 Å². The summed E-state index contributed by atoms with van der Waals surface area (Å²) in [5, 5.41) is 7.18. The minimum Gasteiger partial charge on any atom is -0.490 e. The van der Waals surface area contributed by atoms with Crippen molar-refractivity contribution in [1.82, 2.24) is 5.32 Å². The van der Waals surface area contributed by atoms with E-state index in [4.69, 9.17) is 9.47 Å². The fourth-order valence-corrected chi connectivity index (χ4v) is 3.11. The van der Waals surface area contributed by atoms with Gasteiger partial charge in [0.2, 0.25) is 0 Å². The Bertz CT molecular complexity index is 639. The lowest BCUT2D eigenvalue weighted by molar-refractivity contribution is 0.0939. The van der Waals surface area contributed by atoms with Gasteiger partial charge in [0.25, 0.3) is 5.91 Å². The van der Waals surface area contributed by atoms with Gasteiger partial charge in [0, 0.05) is 18.0 Å². The smallest absolute Gasteiger partial charge is 0.251 e. The third kappa shape index (κ3) is 3.60. The lowest BCUT2D eigenvalue weighted by Gasteiger charge is -2.14. The topological polar surface area (TPSA) is 47.6 Å². The first-order valence-electron chi connectivity index (χ1n) is 7.44. The van der Waals surface area contributed by atoms with Crippen molar-refractivity contribution in [3.05, 3.63) is 46.2 Å². The van der Waals surface area contributed by atoms with Crippen LogP contribution in [-0.2, 0) is 6.42 Å². The van der Waals surface area contributed by atoms with Crippen LogP contribution in [0, 0.1) is 0 Å². The highest BCUT2D eigenvalue weighted by atomic mass is 32.1. The van der Waals surface area contributed by atoms with E-state index < -0.39 is 0 Å². The summed E-state index contributed by atoms with van der Waals surface area (Å²) in [6, 6.07) is 7.51. The number of ether oxygens (including phenoxy) is 2. The molecule has 1 aliphatic heterocycles. The zero-order valence-electron chi connectivity index (χ0n) is 12.5. The van der Waals surface area contributed by atoms with Gasteiger partial charge in [-0.25, -0.2) is 0 Å². The van der Waals surface area contributed by atoms with Crippen molar-refractivity contribution >= 4 is 17.2 Å². The average molecular weight is 317 g/mol. The summed E-state index contributed by atoms with van der Waals surface area (Å²) in [5.41, 5.74) is 1.85. The SMILES string of the molecule is CC(Cc1ccsc1)NC(=O)c1ccc2c(c1)OCCCO2. The monoisotopic (exact) mass is 317 g/mol. The maximum Gasteiger partial charge on any atom is 0.251 e. The highest BCUT2D eigenvalue weighted by Crippen LogP contribution is 2.30. The number of thiophene rings is 1. The van der Waals surface area contributed by atoms with Gasteiger partial charge in [-0.3, -0.25) is 4.79 Å². The van der Waals surface area contributed by atoms with Crippen molar-refractivity contribution in [1.29, 1.82) is 0 Å². The lowest BCUT2D eigenvalue weighted by atomic mass is 10.1. The summed E-state index contributed by atoms with van der Waals surface area (Å²) in [6.45, 7) is 3.28. The number of fused-ring (bicyclic) bond motifs is 1. The van der Waals surface area contributed by atoms with E-state index in [1.807, 2.05) is 12.3 Å². The number of carbonyl (C=O) groups is 1. The fraction of sp³-hybridized carbons (Fsp3) is 0.353. The Morgan fingerprint density at radius 1 is 1.27 bits per heavy atom. The molecule has 0 radical (unpaired) electrons. The van der Waals surface area contributed by atoms with E-state index in [0.717, 1.165) is 12.8 Å². The maximum atomic E-state index is 12.4. The van der Waals surface area contributed by atoms with Gasteiger partial charge in [0.05, 0.1) is 13.2 Å². The van der Waals surface area contributed by atoms with Crippen molar-refractivity contribution in [3.8, 4) is 11.5 Å². The molecular formula is C17H19NO3S. The number of nitrogens with one attached hydrogen (secondary N) is 1. The summed E-state index contributed by atoms with van der Waals surface area (Å²) in [6.07, 6.45) is 1.69. The van der Waals surface area contributed by atoms with Gasteiger partial charge in [-0.15, -0.1) is 0 Å². The van der Waals surface area contributed by atoms with Crippen LogP contribution in [0.25, 0.3) is 0 Å². The normalized spacial score (nSPS) is 15.0. The quantitative estimate of drug-likeness (QED) is 0.941. The molecule has 4 nitrogen and oxygen atoms in total. The van der Waals surface area contributed by atoms with E-state index in [2.05, 4.69) is 16.8 Å². The lowest BCUT2D eigenvalue weighted by Crippen LogP contribution is -2.33. The van der Waals surface area contributed by atoms with Crippen LogP contribution < -0.4 is 14.8 Å². The molecule has 1 N–H and O–H groups in total. The second kappa shape index (κ2) is 6.83. The summed E-state index contributed by atoms with van der Waals surface area (Å²) in [7, 11) is 0. The Morgan fingerprint density at radius 2 is 2.09 bits per heavy atom. The molecular weight excluding hydrogens is 298 g/mol. The van der Waals surface area contributed by atoms with Crippen molar-refractivity contribution in [2.45, 2.75) is 25.8 Å². The highest BCUT2D eigenvalue weighted by molar-refractivity contribution is 7.07. The predicted octanol–water partition coefficient (Wildman–Crippen LogP) is 3.27. The van der Waals surface area contributed by atoms with Gasteiger partial charge < -0.3 is 14.8 Å². The van der Waals surface area contributed by atoms with Crippen LogP contribution in [0.5, 0.6) is 11.5 Å². The number of rotatable bonds is 4. The first kappa shape index (κ1) is 14.9. The molecule has 1 aliphatic rings. The van der Waals surface area contributed by atoms with Gasteiger partial charge in [-0.1, -0.05) is 0 Å². The molecule has 3 rings (SSSR count). The Labute approximate surface area is 134 Å². The summed E-state index contributed by atoms with van der Waals surface area (Å²) in [4.78, 5) is 12.4. The third-order valence-electron chi connectivity index (χ3n) is 3.51. The van der Waals surface area contributed by atoms with E-state index >= 15 is 0 Å². The van der Waals surface area contributed by atoms with E-state index in [-0.39, 0.29) is 11.9 Å². The van der Waals surface area contributed by atoms with Crippen molar-refractivity contribution in [3.63, 3.8) is 0 Å². The van der Waals surface area contributed by atoms with Crippen LogP contribution in [0.1, 0.15) is 29.3 Å². The van der Waals surface area contributed by atoms with E-state index in [0.29, 0.717) is 30.3 Å². The first-order valence-corrected chi connectivity index (χ1v) is 8.38. The van der Waals surface area contributed by atoms with Crippen LogP contribution in [0.3, 0.4) is 0 Å². The molecule has 0 aliphatic carbocycles. The van der Waals surface area contributed by atoms with Crippen molar-refractivity contribution < 1.29 is 14.3 Å². The molecule has 116 valence electrons. The number of amides is 1. The molecule has 1 amide bonds. The molecule has 0 fully saturated rings. The van der Waals surface area contributed by atoms with Crippen LogP contribution in [-0.4, -0.2) is 25.2 Å². The molecule has 5 heteroatoms. The first-order chi connectivity index (χ1) is 10.7. The fourth-order valence-electron chi connectivity index (χ4n) is 2.43. The van der Waals surface area contributed by atoms with Crippen LogP contribution in [0.4, 0.5) is 0 Å². The van der Waals surface area contributed by atoms with Crippen molar-refractivity contribution in [2.24, 2.45) is 0 Å². The average Bonchev–Trinajstić information content (AvgIpc) is 2.89. The third-order valence-corrected chi connectivity index (χ3v) is 4.24. The molecule has 22 heavy (non-hydrogen) atoms.